The topological polar surface area (TPSA) is 56.6 Å². The molecular formula is C16H12N2OS2. The maximum absolute atomic E-state index is 12.2. The number of thiophene rings is 2. The van der Waals surface area contributed by atoms with Crippen molar-refractivity contribution in [3.05, 3.63) is 55.3 Å². The predicted octanol–water partition coefficient (Wildman–Crippen LogP) is 4.32. The van der Waals surface area contributed by atoms with E-state index >= 15 is 0 Å². The summed E-state index contributed by atoms with van der Waals surface area (Å²) in [6.45, 7) is 4.04. The Labute approximate surface area is 130 Å². The molecule has 0 aliphatic carbocycles. The number of nitrogens with one attached hydrogen (secondary N) is 1. The highest BCUT2D eigenvalue weighted by Crippen LogP contribution is 2.34. The first-order chi connectivity index (χ1) is 10.1. The number of rotatable bonds is 2. The molecule has 3 heterocycles. The molecule has 0 atom stereocenters. The van der Waals surface area contributed by atoms with Crippen molar-refractivity contribution in [3.8, 4) is 27.8 Å². The van der Waals surface area contributed by atoms with Crippen molar-refractivity contribution < 1.29 is 0 Å². The van der Waals surface area contributed by atoms with Gasteiger partial charge in [0.05, 0.1) is 10.6 Å². The normalized spacial score (nSPS) is 10.5. The molecule has 0 radical (unpaired) electrons. The maximum atomic E-state index is 12.2. The summed E-state index contributed by atoms with van der Waals surface area (Å²) in [4.78, 5) is 18.3. The molecule has 3 aromatic heterocycles. The molecule has 0 amide bonds. The van der Waals surface area contributed by atoms with E-state index in [1.807, 2.05) is 49.6 Å². The fourth-order valence-corrected chi connectivity index (χ4v) is 3.98. The molecule has 104 valence electrons. The highest BCUT2D eigenvalue weighted by molar-refractivity contribution is 7.13. The Hall–Kier alpha value is -2.16. The summed E-state index contributed by atoms with van der Waals surface area (Å²) in [6.07, 6.45) is 0. The van der Waals surface area contributed by atoms with Crippen LogP contribution >= 0.6 is 22.7 Å². The van der Waals surface area contributed by atoms with Gasteiger partial charge in [0.15, 0.2) is 0 Å². The second kappa shape index (κ2) is 5.32. The second-order valence-electron chi connectivity index (χ2n) is 4.72. The van der Waals surface area contributed by atoms with Gasteiger partial charge in [0.25, 0.3) is 5.56 Å². The third kappa shape index (κ3) is 2.44. The average Bonchev–Trinajstić information content (AvgIpc) is 3.07. The first-order valence-corrected chi connectivity index (χ1v) is 8.08. The lowest BCUT2D eigenvalue weighted by atomic mass is 10.0. The minimum atomic E-state index is -0.332. The van der Waals surface area contributed by atoms with E-state index in [0.29, 0.717) is 5.56 Å². The molecule has 0 saturated carbocycles. The van der Waals surface area contributed by atoms with Gasteiger partial charge in [-0.05, 0) is 43.0 Å². The molecule has 0 spiro atoms. The number of hydrogen-bond acceptors (Lipinski definition) is 4. The van der Waals surface area contributed by atoms with Gasteiger partial charge in [0.2, 0.25) is 0 Å². The SMILES string of the molecule is Cc1cc(-c2cc(-c3cccs3)[nH]c(=O)c2C#N)c(C)s1. The zero-order valence-corrected chi connectivity index (χ0v) is 13.2. The van der Waals surface area contributed by atoms with Gasteiger partial charge in [0.1, 0.15) is 11.6 Å². The monoisotopic (exact) mass is 312 g/mol. The fraction of sp³-hybridized carbons (Fsp3) is 0.125. The second-order valence-corrected chi connectivity index (χ2v) is 7.12. The van der Waals surface area contributed by atoms with Gasteiger partial charge in [-0.3, -0.25) is 4.79 Å². The number of aryl methyl sites for hydroxylation is 2. The summed E-state index contributed by atoms with van der Waals surface area (Å²) in [5, 5.41) is 11.3. The zero-order chi connectivity index (χ0) is 15.0. The van der Waals surface area contributed by atoms with Crippen molar-refractivity contribution >= 4 is 22.7 Å². The van der Waals surface area contributed by atoms with Gasteiger partial charge in [-0.25, -0.2) is 0 Å². The van der Waals surface area contributed by atoms with Crippen LogP contribution < -0.4 is 5.56 Å². The van der Waals surface area contributed by atoms with Crippen LogP contribution in [0.1, 0.15) is 15.3 Å². The molecule has 0 fully saturated rings. The first-order valence-electron chi connectivity index (χ1n) is 6.39. The molecule has 21 heavy (non-hydrogen) atoms. The van der Waals surface area contributed by atoms with E-state index in [1.165, 1.54) is 4.88 Å². The van der Waals surface area contributed by atoms with Crippen molar-refractivity contribution in [3.63, 3.8) is 0 Å². The van der Waals surface area contributed by atoms with E-state index in [-0.39, 0.29) is 11.1 Å². The van der Waals surface area contributed by atoms with E-state index in [4.69, 9.17) is 0 Å². The van der Waals surface area contributed by atoms with Crippen LogP contribution in [0.15, 0.2) is 34.4 Å². The van der Waals surface area contributed by atoms with Crippen LogP contribution in [-0.4, -0.2) is 4.98 Å². The predicted molar refractivity (Wildman–Crippen MR) is 87.9 cm³/mol. The standard InChI is InChI=1S/C16H12N2OS2/c1-9-6-11(10(2)21-9)12-7-14(15-4-3-5-20-15)18-16(19)13(12)8-17/h3-7H,1-2H3,(H,18,19). The number of hydrogen-bond donors (Lipinski definition) is 1. The summed E-state index contributed by atoms with van der Waals surface area (Å²) in [5.74, 6) is 0. The van der Waals surface area contributed by atoms with Crippen LogP contribution in [0, 0.1) is 25.2 Å². The number of H-pyrrole nitrogens is 1. The minimum absolute atomic E-state index is 0.177. The maximum Gasteiger partial charge on any atom is 0.266 e. The van der Waals surface area contributed by atoms with Crippen molar-refractivity contribution in [2.24, 2.45) is 0 Å². The minimum Gasteiger partial charge on any atom is -0.320 e. The molecule has 0 bridgehead atoms. The Bertz CT molecular complexity index is 895. The van der Waals surface area contributed by atoms with Crippen LogP contribution in [-0.2, 0) is 0 Å². The van der Waals surface area contributed by atoms with Gasteiger partial charge in [0, 0.05) is 15.3 Å². The average molecular weight is 312 g/mol. The van der Waals surface area contributed by atoms with Gasteiger partial charge in [-0.15, -0.1) is 22.7 Å². The van der Waals surface area contributed by atoms with Crippen molar-refractivity contribution in [2.75, 3.05) is 0 Å². The summed E-state index contributed by atoms with van der Waals surface area (Å²) in [7, 11) is 0. The first kappa shape index (κ1) is 13.8. The Kier molecular flexibility index (Phi) is 3.50. The fourth-order valence-electron chi connectivity index (χ4n) is 2.35. The van der Waals surface area contributed by atoms with Gasteiger partial charge in [-0.1, -0.05) is 6.07 Å². The Morgan fingerprint density at radius 2 is 2.05 bits per heavy atom. The zero-order valence-electron chi connectivity index (χ0n) is 11.6. The van der Waals surface area contributed by atoms with Gasteiger partial charge >= 0.3 is 0 Å². The quantitative estimate of drug-likeness (QED) is 0.766. The molecule has 0 aliphatic heterocycles. The summed E-state index contributed by atoms with van der Waals surface area (Å²) in [5.41, 5.74) is 2.29. The lowest BCUT2D eigenvalue weighted by Gasteiger charge is -2.06. The molecule has 1 N–H and O–H groups in total. The summed E-state index contributed by atoms with van der Waals surface area (Å²) < 4.78 is 0. The third-order valence-corrected chi connectivity index (χ3v) is 5.13. The molecule has 0 saturated heterocycles. The number of nitriles is 1. The van der Waals surface area contributed by atoms with Crippen LogP contribution in [0.5, 0.6) is 0 Å². The number of aromatic nitrogens is 1. The summed E-state index contributed by atoms with van der Waals surface area (Å²) >= 11 is 3.23. The van der Waals surface area contributed by atoms with Gasteiger partial charge in [-0.2, -0.15) is 5.26 Å². The lowest BCUT2D eigenvalue weighted by Crippen LogP contribution is -2.12. The molecule has 3 rings (SSSR count). The van der Waals surface area contributed by atoms with Crippen LogP contribution in [0.25, 0.3) is 21.7 Å². The van der Waals surface area contributed by atoms with Crippen LogP contribution in [0.2, 0.25) is 0 Å². The summed E-state index contributed by atoms with van der Waals surface area (Å²) in [6, 6.07) is 9.87. The highest BCUT2D eigenvalue weighted by atomic mass is 32.1. The van der Waals surface area contributed by atoms with E-state index in [0.717, 1.165) is 21.0 Å². The third-order valence-electron chi connectivity index (χ3n) is 3.26. The Morgan fingerprint density at radius 1 is 1.24 bits per heavy atom. The molecule has 3 nitrogen and oxygen atoms in total. The smallest absolute Gasteiger partial charge is 0.266 e. The number of aromatic amines is 1. The van der Waals surface area contributed by atoms with Crippen LogP contribution in [0.4, 0.5) is 0 Å². The number of nitrogens with zero attached hydrogens (tertiary/aromatic N) is 1. The molecule has 5 heteroatoms. The molecule has 3 aromatic rings. The molecule has 0 unspecified atom stereocenters. The Morgan fingerprint density at radius 3 is 2.62 bits per heavy atom. The van der Waals surface area contributed by atoms with E-state index in [1.54, 1.807) is 22.7 Å². The Balaban J connectivity index is 2.31. The highest BCUT2D eigenvalue weighted by Gasteiger charge is 2.15. The van der Waals surface area contributed by atoms with E-state index in [2.05, 4.69) is 4.98 Å². The molecular weight excluding hydrogens is 300 g/mol. The van der Waals surface area contributed by atoms with Crippen molar-refractivity contribution in [2.45, 2.75) is 13.8 Å². The molecule has 0 aromatic carbocycles. The lowest BCUT2D eigenvalue weighted by molar-refractivity contribution is 1.22. The largest absolute Gasteiger partial charge is 0.320 e. The number of pyridine rings is 1. The van der Waals surface area contributed by atoms with Gasteiger partial charge < -0.3 is 4.98 Å². The van der Waals surface area contributed by atoms with E-state index in [9.17, 15) is 10.1 Å². The molecule has 0 aliphatic rings. The van der Waals surface area contributed by atoms with Crippen molar-refractivity contribution in [1.82, 2.24) is 4.98 Å². The van der Waals surface area contributed by atoms with Crippen molar-refractivity contribution in [1.29, 1.82) is 5.26 Å². The van der Waals surface area contributed by atoms with E-state index < -0.39 is 0 Å². The van der Waals surface area contributed by atoms with Crippen LogP contribution in [0.3, 0.4) is 0 Å².